The third-order valence-corrected chi connectivity index (χ3v) is 3.53. The fourth-order valence-electron chi connectivity index (χ4n) is 2.21. The highest BCUT2D eigenvalue weighted by molar-refractivity contribution is 5.78. The molecule has 1 atom stereocenters. The van der Waals surface area contributed by atoms with Crippen molar-refractivity contribution in [2.75, 3.05) is 26.7 Å². The largest absolute Gasteiger partial charge is 0.496 e. The first-order chi connectivity index (χ1) is 9.53. The number of carbonyl (C=O) groups is 1. The van der Waals surface area contributed by atoms with Gasteiger partial charge in [0.05, 0.1) is 13.7 Å². The van der Waals surface area contributed by atoms with Crippen LogP contribution in [-0.2, 0) is 4.79 Å². The van der Waals surface area contributed by atoms with Crippen molar-refractivity contribution in [2.24, 2.45) is 0 Å². The van der Waals surface area contributed by atoms with Gasteiger partial charge in [-0.05, 0) is 39.3 Å². The number of methoxy groups -OCH3 is 1. The number of carbonyl (C=O) groups excluding carboxylic acids is 1. The van der Waals surface area contributed by atoms with Gasteiger partial charge in [0.15, 0.2) is 0 Å². The predicted octanol–water partition coefficient (Wildman–Crippen LogP) is 2.52. The van der Waals surface area contributed by atoms with Gasteiger partial charge in [-0.3, -0.25) is 4.79 Å². The molecule has 0 saturated heterocycles. The highest BCUT2D eigenvalue weighted by atomic mass is 16.5. The minimum Gasteiger partial charge on any atom is -0.496 e. The number of amides is 1. The number of ether oxygens (including phenoxy) is 1. The molecule has 0 heterocycles. The first-order valence-electron chi connectivity index (χ1n) is 7.19. The number of likely N-dealkylation sites (N-methyl/N-ethyl adjacent to an activating group) is 1. The van der Waals surface area contributed by atoms with E-state index < -0.39 is 0 Å². The minimum atomic E-state index is 0.0741. The molecule has 1 aromatic carbocycles. The van der Waals surface area contributed by atoms with E-state index in [0.29, 0.717) is 6.54 Å². The molecule has 0 fully saturated rings. The van der Waals surface area contributed by atoms with E-state index in [2.05, 4.69) is 11.4 Å². The second-order valence-electron chi connectivity index (χ2n) is 4.91. The number of benzene rings is 1. The highest BCUT2D eigenvalue weighted by Crippen LogP contribution is 2.25. The van der Waals surface area contributed by atoms with E-state index in [4.69, 9.17) is 4.74 Å². The fraction of sp³-hybridized carbons (Fsp3) is 0.562. The number of nitrogens with zero attached hydrogens (tertiary/aromatic N) is 1. The molecule has 0 aliphatic rings. The normalized spacial score (nSPS) is 12.1. The molecule has 4 nitrogen and oxygen atoms in total. The Morgan fingerprint density at radius 1 is 1.35 bits per heavy atom. The smallest absolute Gasteiger partial charge is 0.236 e. The van der Waals surface area contributed by atoms with Gasteiger partial charge in [-0.15, -0.1) is 0 Å². The van der Waals surface area contributed by atoms with Crippen LogP contribution in [0.1, 0.15) is 37.9 Å². The number of aryl methyl sites for hydroxylation is 1. The lowest BCUT2D eigenvalue weighted by Gasteiger charge is -2.22. The molecule has 1 N–H and O–H groups in total. The molecule has 112 valence electrons. The molecular weight excluding hydrogens is 252 g/mol. The number of hydrogen-bond acceptors (Lipinski definition) is 3. The summed E-state index contributed by atoms with van der Waals surface area (Å²) in [4.78, 5) is 13.8. The molecule has 1 rings (SSSR count). The van der Waals surface area contributed by atoms with Crippen molar-refractivity contribution in [3.63, 3.8) is 0 Å². The Labute approximate surface area is 122 Å². The number of hydrogen-bond donors (Lipinski definition) is 1. The Balaban J connectivity index is 2.67. The second-order valence-corrected chi connectivity index (χ2v) is 4.91. The molecule has 0 bridgehead atoms. The highest BCUT2D eigenvalue weighted by Gasteiger charge is 2.14. The zero-order valence-corrected chi connectivity index (χ0v) is 13.2. The van der Waals surface area contributed by atoms with Gasteiger partial charge in [0.2, 0.25) is 5.91 Å². The summed E-state index contributed by atoms with van der Waals surface area (Å²) in [6.45, 7) is 9.91. The maximum atomic E-state index is 12.0. The summed E-state index contributed by atoms with van der Waals surface area (Å²) in [5.74, 6) is 0.994. The molecular formula is C16H26N2O2. The van der Waals surface area contributed by atoms with Crippen molar-refractivity contribution >= 4 is 5.91 Å². The van der Waals surface area contributed by atoms with E-state index in [1.807, 2.05) is 44.7 Å². The van der Waals surface area contributed by atoms with Crippen LogP contribution in [0.5, 0.6) is 5.75 Å². The lowest BCUT2D eigenvalue weighted by Crippen LogP contribution is -2.38. The Bertz CT molecular complexity index is 442. The summed E-state index contributed by atoms with van der Waals surface area (Å²) in [5, 5.41) is 3.27. The van der Waals surface area contributed by atoms with Crippen molar-refractivity contribution in [1.82, 2.24) is 10.2 Å². The molecule has 0 aromatic heterocycles. The van der Waals surface area contributed by atoms with Gasteiger partial charge >= 0.3 is 0 Å². The average Bonchev–Trinajstić information content (AvgIpc) is 2.45. The third-order valence-electron chi connectivity index (χ3n) is 3.53. The van der Waals surface area contributed by atoms with E-state index in [0.717, 1.165) is 30.0 Å². The molecule has 0 aliphatic heterocycles. The van der Waals surface area contributed by atoms with Crippen molar-refractivity contribution in [3.05, 3.63) is 29.3 Å². The molecule has 1 aromatic rings. The summed E-state index contributed by atoms with van der Waals surface area (Å²) in [7, 11) is 1.67. The molecule has 4 heteroatoms. The average molecular weight is 278 g/mol. The molecule has 1 unspecified atom stereocenters. The Morgan fingerprint density at radius 3 is 2.55 bits per heavy atom. The van der Waals surface area contributed by atoms with E-state index >= 15 is 0 Å². The van der Waals surface area contributed by atoms with E-state index in [1.54, 1.807) is 7.11 Å². The van der Waals surface area contributed by atoms with Crippen molar-refractivity contribution in [2.45, 2.75) is 33.7 Å². The van der Waals surface area contributed by atoms with Crippen LogP contribution in [0.4, 0.5) is 0 Å². The van der Waals surface area contributed by atoms with Gasteiger partial charge in [0, 0.05) is 24.7 Å². The maximum absolute atomic E-state index is 12.0. The van der Waals surface area contributed by atoms with Crippen LogP contribution in [0.25, 0.3) is 0 Å². The summed E-state index contributed by atoms with van der Waals surface area (Å²) in [6.07, 6.45) is 0. The Morgan fingerprint density at radius 2 is 2.00 bits per heavy atom. The van der Waals surface area contributed by atoms with Gasteiger partial charge in [-0.2, -0.15) is 0 Å². The summed E-state index contributed by atoms with van der Waals surface area (Å²) in [6, 6.07) is 6.19. The first kappa shape index (κ1) is 16.5. The van der Waals surface area contributed by atoms with Gasteiger partial charge in [-0.25, -0.2) is 0 Å². The zero-order valence-electron chi connectivity index (χ0n) is 13.2. The van der Waals surface area contributed by atoms with Crippen molar-refractivity contribution < 1.29 is 9.53 Å². The molecule has 0 saturated carbocycles. The van der Waals surface area contributed by atoms with Crippen molar-refractivity contribution in [3.8, 4) is 5.75 Å². The van der Waals surface area contributed by atoms with Crippen LogP contribution in [0.15, 0.2) is 18.2 Å². The summed E-state index contributed by atoms with van der Waals surface area (Å²) < 4.78 is 5.41. The number of nitrogens with one attached hydrogen (secondary N) is 1. The SMILES string of the molecule is CCN(CC)C(=O)CNC(C)c1ccc(C)cc1OC. The Kier molecular flexibility index (Phi) is 6.52. The van der Waals surface area contributed by atoms with Crippen molar-refractivity contribution in [1.29, 1.82) is 0 Å². The lowest BCUT2D eigenvalue weighted by atomic mass is 10.0. The van der Waals surface area contributed by atoms with Crippen LogP contribution in [0.3, 0.4) is 0 Å². The minimum absolute atomic E-state index is 0.0741. The third kappa shape index (κ3) is 4.23. The predicted molar refractivity (Wildman–Crippen MR) is 82.1 cm³/mol. The second kappa shape index (κ2) is 7.90. The summed E-state index contributed by atoms with van der Waals surface area (Å²) >= 11 is 0. The summed E-state index contributed by atoms with van der Waals surface area (Å²) in [5.41, 5.74) is 2.24. The van der Waals surface area contributed by atoms with E-state index in [9.17, 15) is 4.79 Å². The Hall–Kier alpha value is -1.55. The van der Waals surface area contributed by atoms with Crippen LogP contribution >= 0.6 is 0 Å². The zero-order chi connectivity index (χ0) is 15.1. The molecule has 0 radical (unpaired) electrons. The molecule has 0 spiro atoms. The van der Waals surface area contributed by atoms with Crippen LogP contribution in [0, 0.1) is 6.92 Å². The number of rotatable bonds is 7. The van der Waals surface area contributed by atoms with E-state index in [-0.39, 0.29) is 11.9 Å². The quantitative estimate of drug-likeness (QED) is 0.833. The molecule has 20 heavy (non-hydrogen) atoms. The molecule has 1 amide bonds. The monoisotopic (exact) mass is 278 g/mol. The van der Waals surface area contributed by atoms with Gasteiger partial charge in [0.1, 0.15) is 5.75 Å². The molecule has 0 aliphatic carbocycles. The van der Waals surface area contributed by atoms with E-state index in [1.165, 1.54) is 0 Å². The van der Waals surface area contributed by atoms with Crippen LogP contribution < -0.4 is 10.1 Å². The van der Waals surface area contributed by atoms with Gasteiger partial charge in [0.25, 0.3) is 0 Å². The van der Waals surface area contributed by atoms with Gasteiger partial charge in [-0.1, -0.05) is 12.1 Å². The van der Waals surface area contributed by atoms with Crippen LogP contribution in [0.2, 0.25) is 0 Å². The standard InChI is InChI=1S/C16H26N2O2/c1-6-18(7-2)16(19)11-17-13(4)14-9-8-12(3)10-15(14)20-5/h8-10,13,17H,6-7,11H2,1-5H3. The van der Waals surface area contributed by atoms with Gasteiger partial charge < -0.3 is 15.0 Å². The topological polar surface area (TPSA) is 41.6 Å². The lowest BCUT2D eigenvalue weighted by molar-refractivity contribution is -0.129. The first-order valence-corrected chi connectivity index (χ1v) is 7.19. The fourth-order valence-corrected chi connectivity index (χ4v) is 2.21. The maximum Gasteiger partial charge on any atom is 0.236 e. The van der Waals surface area contributed by atoms with Crippen LogP contribution in [-0.4, -0.2) is 37.6 Å².